The van der Waals surface area contributed by atoms with Gasteiger partial charge in [0.2, 0.25) is 9.84 Å². The van der Waals surface area contributed by atoms with Crippen LogP contribution in [0.1, 0.15) is 15.9 Å². The zero-order chi connectivity index (χ0) is 14.0. The third-order valence-electron chi connectivity index (χ3n) is 2.86. The van der Waals surface area contributed by atoms with Gasteiger partial charge in [0.15, 0.2) is 0 Å². The summed E-state index contributed by atoms with van der Waals surface area (Å²) < 4.78 is 24.9. The summed E-state index contributed by atoms with van der Waals surface area (Å²) in [5, 5.41) is 9.03. The SMILES string of the molecule is Cc1c(C(=O)O)cccc1S(=O)(=O)c1ccccc1. The summed E-state index contributed by atoms with van der Waals surface area (Å²) in [5.74, 6) is -1.14. The topological polar surface area (TPSA) is 71.4 Å². The van der Waals surface area contributed by atoms with E-state index in [9.17, 15) is 13.2 Å². The van der Waals surface area contributed by atoms with Crippen molar-refractivity contribution >= 4 is 15.8 Å². The average molecular weight is 276 g/mol. The van der Waals surface area contributed by atoms with Gasteiger partial charge in [-0.05, 0) is 36.8 Å². The highest BCUT2D eigenvalue weighted by atomic mass is 32.2. The number of rotatable bonds is 3. The molecule has 0 aliphatic carbocycles. The van der Waals surface area contributed by atoms with E-state index in [0.29, 0.717) is 0 Å². The summed E-state index contributed by atoms with van der Waals surface area (Å²) in [6, 6.07) is 12.2. The van der Waals surface area contributed by atoms with E-state index in [4.69, 9.17) is 5.11 Å². The van der Waals surface area contributed by atoms with E-state index in [0.717, 1.165) is 0 Å². The van der Waals surface area contributed by atoms with E-state index >= 15 is 0 Å². The minimum atomic E-state index is -3.69. The second-order valence-corrected chi connectivity index (χ2v) is 5.97. The molecule has 0 aromatic heterocycles. The molecule has 0 aliphatic rings. The zero-order valence-corrected chi connectivity index (χ0v) is 11.0. The number of sulfone groups is 1. The van der Waals surface area contributed by atoms with Gasteiger partial charge in [0.05, 0.1) is 15.4 Å². The molecule has 0 saturated heterocycles. The molecule has 0 spiro atoms. The molecule has 2 aromatic rings. The van der Waals surface area contributed by atoms with Gasteiger partial charge in [-0.3, -0.25) is 0 Å². The van der Waals surface area contributed by atoms with Crippen molar-refractivity contribution in [2.75, 3.05) is 0 Å². The first-order valence-corrected chi connectivity index (χ1v) is 7.06. The van der Waals surface area contributed by atoms with Crippen LogP contribution in [0.3, 0.4) is 0 Å². The number of hydrogen-bond donors (Lipinski definition) is 1. The van der Waals surface area contributed by atoms with Crippen LogP contribution in [-0.4, -0.2) is 19.5 Å². The molecular weight excluding hydrogens is 264 g/mol. The number of hydrogen-bond acceptors (Lipinski definition) is 3. The number of carboxylic acid groups (broad SMARTS) is 1. The maximum absolute atomic E-state index is 12.4. The smallest absolute Gasteiger partial charge is 0.335 e. The molecule has 1 N–H and O–H groups in total. The lowest BCUT2D eigenvalue weighted by atomic mass is 10.1. The number of aromatic carboxylic acids is 1. The van der Waals surface area contributed by atoms with Gasteiger partial charge in [0.25, 0.3) is 0 Å². The fourth-order valence-electron chi connectivity index (χ4n) is 1.86. The van der Waals surface area contributed by atoms with Gasteiger partial charge < -0.3 is 5.11 Å². The molecule has 4 nitrogen and oxygen atoms in total. The van der Waals surface area contributed by atoms with E-state index in [2.05, 4.69) is 0 Å². The molecule has 98 valence electrons. The first-order valence-electron chi connectivity index (χ1n) is 5.57. The normalized spacial score (nSPS) is 11.2. The summed E-state index contributed by atoms with van der Waals surface area (Å²) in [6.07, 6.45) is 0. The van der Waals surface area contributed by atoms with E-state index < -0.39 is 15.8 Å². The standard InChI is InChI=1S/C14H12O4S/c1-10-12(14(15)16)8-5-9-13(10)19(17,18)11-6-3-2-4-7-11/h2-9H,1H3,(H,15,16). The highest BCUT2D eigenvalue weighted by Gasteiger charge is 2.22. The van der Waals surface area contributed by atoms with Crippen LogP contribution in [0.4, 0.5) is 0 Å². The summed E-state index contributed by atoms with van der Waals surface area (Å²) in [6.45, 7) is 1.50. The lowest BCUT2D eigenvalue weighted by Gasteiger charge is -2.09. The average Bonchev–Trinajstić information content (AvgIpc) is 2.39. The third-order valence-corrected chi connectivity index (χ3v) is 4.77. The predicted octanol–water partition coefficient (Wildman–Crippen LogP) is 2.53. The number of benzene rings is 2. The zero-order valence-electron chi connectivity index (χ0n) is 10.2. The Labute approximate surface area is 111 Å². The van der Waals surface area contributed by atoms with Crippen molar-refractivity contribution in [1.29, 1.82) is 0 Å². The molecular formula is C14H12O4S. The molecule has 0 atom stereocenters. The molecule has 0 bridgehead atoms. The van der Waals surface area contributed by atoms with Crippen LogP contribution < -0.4 is 0 Å². The van der Waals surface area contributed by atoms with Crippen LogP contribution in [0.25, 0.3) is 0 Å². The lowest BCUT2D eigenvalue weighted by molar-refractivity contribution is 0.0696. The highest BCUT2D eigenvalue weighted by Crippen LogP contribution is 2.25. The fourth-order valence-corrected chi connectivity index (χ4v) is 3.40. The molecule has 2 rings (SSSR count). The van der Waals surface area contributed by atoms with Crippen LogP contribution in [0.2, 0.25) is 0 Å². The molecule has 0 radical (unpaired) electrons. The van der Waals surface area contributed by atoms with E-state index in [-0.39, 0.29) is 20.9 Å². The third kappa shape index (κ3) is 2.37. The summed E-state index contributed by atoms with van der Waals surface area (Å²) >= 11 is 0. The second kappa shape index (κ2) is 4.85. The van der Waals surface area contributed by atoms with Crippen molar-refractivity contribution in [2.24, 2.45) is 0 Å². The maximum atomic E-state index is 12.4. The van der Waals surface area contributed by atoms with Crippen molar-refractivity contribution < 1.29 is 18.3 Å². The van der Waals surface area contributed by atoms with Crippen molar-refractivity contribution in [3.8, 4) is 0 Å². The van der Waals surface area contributed by atoms with Crippen LogP contribution >= 0.6 is 0 Å². The van der Waals surface area contributed by atoms with Gasteiger partial charge >= 0.3 is 5.97 Å². The summed E-state index contributed by atoms with van der Waals surface area (Å²) in [4.78, 5) is 11.2. The van der Waals surface area contributed by atoms with Crippen molar-refractivity contribution in [1.82, 2.24) is 0 Å². The summed E-state index contributed by atoms with van der Waals surface area (Å²) in [7, 11) is -3.69. The largest absolute Gasteiger partial charge is 0.478 e. The summed E-state index contributed by atoms with van der Waals surface area (Å²) in [5.41, 5.74) is 0.246. The van der Waals surface area contributed by atoms with Crippen molar-refractivity contribution in [3.05, 3.63) is 59.7 Å². The molecule has 0 amide bonds. The van der Waals surface area contributed by atoms with Crippen LogP contribution in [-0.2, 0) is 9.84 Å². The molecule has 19 heavy (non-hydrogen) atoms. The Morgan fingerprint density at radius 1 is 1.00 bits per heavy atom. The van der Waals surface area contributed by atoms with Crippen LogP contribution in [0.15, 0.2) is 58.3 Å². The Bertz CT molecular complexity index is 718. The molecule has 0 unspecified atom stereocenters. The van der Waals surface area contributed by atoms with E-state index in [1.807, 2.05) is 0 Å². The maximum Gasteiger partial charge on any atom is 0.335 e. The molecule has 0 heterocycles. The minimum Gasteiger partial charge on any atom is -0.478 e. The van der Waals surface area contributed by atoms with Gasteiger partial charge in [-0.25, -0.2) is 13.2 Å². The number of carbonyl (C=O) groups is 1. The van der Waals surface area contributed by atoms with Gasteiger partial charge in [0, 0.05) is 0 Å². The van der Waals surface area contributed by atoms with Crippen LogP contribution in [0.5, 0.6) is 0 Å². The molecule has 0 aliphatic heterocycles. The van der Waals surface area contributed by atoms with Crippen LogP contribution in [0, 0.1) is 6.92 Å². The fraction of sp³-hybridized carbons (Fsp3) is 0.0714. The predicted molar refractivity (Wildman–Crippen MR) is 70.0 cm³/mol. The molecule has 0 fully saturated rings. The Hall–Kier alpha value is -2.14. The van der Waals surface area contributed by atoms with Gasteiger partial charge in [0.1, 0.15) is 0 Å². The first kappa shape index (κ1) is 13.3. The van der Waals surface area contributed by atoms with Gasteiger partial charge in [-0.1, -0.05) is 24.3 Å². The van der Waals surface area contributed by atoms with Gasteiger partial charge in [-0.15, -0.1) is 0 Å². The quantitative estimate of drug-likeness (QED) is 0.935. The molecule has 0 saturated carbocycles. The second-order valence-electron chi connectivity index (χ2n) is 4.05. The Morgan fingerprint density at radius 3 is 2.21 bits per heavy atom. The Kier molecular flexibility index (Phi) is 3.40. The van der Waals surface area contributed by atoms with E-state index in [1.165, 1.54) is 37.3 Å². The monoisotopic (exact) mass is 276 g/mol. The number of carboxylic acids is 1. The van der Waals surface area contributed by atoms with Crippen molar-refractivity contribution in [3.63, 3.8) is 0 Å². The Morgan fingerprint density at radius 2 is 1.63 bits per heavy atom. The Balaban J connectivity index is 2.66. The van der Waals surface area contributed by atoms with Crippen molar-refractivity contribution in [2.45, 2.75) is 16.7 Å². The molecule has 5 heteroatoms. The highest BCUT2D eigenvalue weighted by molar-refractivity contribution is 7.91. The van der Waals surface area contributed by atoms with E-state index in [1.54, 1.807) is 18.2 Å². The molecule has 2 aromatic carbocycles. The minimum absolute atomic E-state index is 0.00277. The van der Waals surface area contributed by atoms with Gasteiger partial charge in [-0.2, -0.15) is 0 Å². The first-order chi connectivity index (χ1) is 8.94. The lowest BCUT2D eigenvalue weighted by Crippen LogP contribution is -2.08.